The molecule has 27 heavy (non-hydrogen) atoms. The minimum Gasteiger partial charge on any atom is -0.354 e. The number of hydrogen-bond acceptors (Lipinski definition) is 4. The Labute approximate surface area is 153 Å². The number of halogens is 3. The van der Waals surface area contributed by atoms with Crippen LogP contribution < -0.4 is 10.9 Å². The van der Waals surface area contributed by atoms with Crippen LogP contribution in [0.3, 0.4) is 0 Å². The molecule has 5 nitrogen and oxygen atoms in total. The van der Waals surface area contributed by atoms with Crippen molar-refractivity contribution in [2.75, 3.05) is 11.9 Å². The third kappa shape index (κ3) is 3.51. The number of benzene rings is 1. The van der Waals surface area contributed by atoms with Crippen LogP contribution in [-0.2, 0) is 12.7 Å². The summed E-state index contributed by atoms with van der Waals surface area (Å²) in [5, 5.41) is 3.72. The lowest BCUT2D eigenvalue weighted by molar-refractivity contribution is -0.137. The van der Waals surface area contributed by atoms with E-state index in [4.69, 9.17) is 0 Å². The van der Waals surface area contributed by atoms with E-state index in [0.29, 0.717) is 46.9 Å². The van der Waals surface area contributed by atoms with Gasteiger partial charge in [-0.1, -0.05) is 12.1 Å². The summed E-state index contributed by atoms with van der Waals surface area (Å²) >= 11 is 0. The van der Waals surface area contributed by atoms with E-state index >= 15 is 0 Å². The van der Waals surface area contributed by atoms with Crippen LogP contribution in [0.15, 0.2) is 35.1 Å². The fourth-order valence-electron chi connectivity index (χ4n) is 2.96. The van der Waals surface area contributed by atoms with Crippen molar-refractivity contribution >= 4 is 17.0 Å². The van der Waals surface area contributed by atoms with Gasteiger partial charge in [-0.2, -0.15) is 18.2 Å². The van der Waals surface area contributed by atoms with Crippen molar-refractivity contribution in [1.82, 2.24) is 14.5 Å². The fourth-order valence-corrected chi connectivity index (χ4v) is 2.96. The summed E-state index contributed by atoms with van der Waals surface area (Å²) in [4.78, 5) is 21.8. The van der Waals surface area contributed by atoms with E-state index < -0.39 is 11.7 Å². The van der Waals surface area contributed by atoms with Crippen molar-refractivity contribution < 1.29 is 13.2 Å². The van der Waals surface area contributed by atoms with Gasteiger partial charge in [0.15, 0.2) is 0 Å². The van der Waals surface area contributed by atoms with Gasteiger partial charge in [-0.15, -0.1) is 0 Å². The van der Waals surface area contributed by atoms with Crippen molar-refractivity contribution in [1.29, 1.82) is 0 Å². The first-order chi connectivity index (χ1) is 12.8. The molecule has 0 saturated heterocycles. The number of nitrogens with zero attached hydrogens (tertiary/aromatic N) is 3. The summed E-state index contributed by atoms with van der Waals surface area (Å²) in [6.07, 6.45) is -4.42. The Kier molecular flexibility index (Phi) is 4.91. The topological polar surface area (TPSA) is 59.8 Å². The van der Waals surface area contributed by atoms with Crippen molar-refractivity contribution in [2.24, 2.45) is 0 Å². The van der Waals surface area contributed by atoms with Crippen molar-refractivity contribution in [3.8, 4) is 11.1 Å². The van der Waals surface area contributed by atoms with Gasteiger partial charge in [-0.25, -0.2) is 4.98 Å². The zero-order chi connectivity index (χ0) is 19.8. The van der Waals surface area contributed by atoms with Gasteiger partial charge in [0.05, 0.1) is 11.3 Å². The Bertz CT molecular complexity index is 1040. The van der Waals surface area contributed by atoms with Gasteiger partial charge in [-0.05, 0) is 44.5 Å². The molecule has 2 aromatic heterocycles. The van der Waals surface area contributed by atoms with E-state index in [1.54, 1.807) is 6.07 Å². The average Bonchev–Trinajstić information content (AvgIpc) is 2.61. The quantitative estimate of drug-likeness (QED) is 0.740. The Morgan fingerprint density at radius 3 is 2.33 bits per heavy atom. The summed E-state index contributed by atoms with van der Waals surface area (Å²) in [7, 11) is 0. The zero-order valence-electron chi connectivity index (χ0n) is 15.2. The summed E-state index contributed by atoms with van der Waals surface area (Å²) in [5.74, 6) is 0.436. The maximum Gasteiger partial charge on any atom is 0.416 e. The van der Waals surface area contributed by atoms with E-state index in [2.05, 4.69) is 15.3 Å². The van der Waals surface area contributed by atoms with Crippen LogP contribution in [0.25, 0.3) is 22.2 Å². The molecule has 0 spiro atoms. The second kappa shape index (κ2) is 7.02. The summed E-state index contributed by atoms with van der Waals surface area (Å²) in [6, 6.07) is 6.24. The highest BCUT2D eigenvalue weighted by Gasteiger charge is 2.30. The first-order valence-electron chi connectivity index (χ1n) is 8.60. The van der Waals surface area contributed by atoms with Gasteiger partial charge >= 0.3 is 6.18 Å². The highest BCUT2D eigenvalue weighted by molar-refractivity contribution is 5.84. The van der Waals surface area contributed by atoms with E-state index in [1.165, 1.54) is 16.7 Å². The number of rotatable bonds is 4. The SMILES string of the molecule is CCNc1nc(C)c2cc(-c3ccc(C(F)(F)F)cc3)c(=O)n(CC)c2n1. The van der Waals surface area contributed by atoms with Crippen LogP contribution in [-0.4, -0.2) is 21.1 Å². The number of alkyl halides is 3. The third-order valence-corrected chi connectivity index (χ3v) is 4.31. The highest BCUT2D eigenvalue weighted by Crippen LogP contribution is 2.31. The Morgan fingerprint density at radius 2 is 1.78 bits per heavy atom. The molecule has 2 heterocycles. The smallest absolute Gasteiger partial charge is 0.354 e. The average molecular weight is 376 g/mol. The second-order valence-corrected chi connectivity index (χ2v) is 6.08. The number of fused-ring (bicyclic) bond motifs is 1. The first-order valence-corrected chi connectivity index (χ1v) is 8.60. The van der Waals surface area contributed by atoms with Crippen LogP contribution in [0.5, 0.6) is 0 Å². The lowest BCUT2D eigenvalue weighted by Crippen LogP contribution is -2.23. The molecule has 3 aromatic rings. The van der Waals surface area contributed by atoms with Crippen LogP contribution >= 0.6 is 0 Å². The van der Waals surface area contributed by atoms with Crippen molar-refractivity contribution in [2.45, 2.75) is 33.5 Å². The monoisotopic (exact) mass is 376 g/mol. The predicted octanol–water partition coefficient (Wildman–Crippen LogP) is 4.24. The number of nitrogens with one attached hydrogen (secondary N) is 1. The molecule has 0 aliphatic heterocycles. The fraction of sp³-hybridized carbons (Fsp3) is 0.316. The predicted molar refractivity (Wildman–Crippen MR) is 98.8 cm³/mol. The lowest BCUT2D eigenvalue weighted by atomic mass is 10.0. The normalized spacial score (nSPS) is 11.8. The maximum absolute atomic E-state index is 12.9. The van der Waals surface area contributed by atoms with Gasteiger partial charge in [0.2, 0.25) is 5.95 Å². The number of hydrogen-bond donors (Lipinski definition) is 1. The van der Waals surface area contributed by atoms with Gasteiger partial charge in [0.1, 0.15) is 5.65 Å². The summed E-state index contributed by atoms with van der Waals surface area (Å²) < 4.78 is 39.9. The Morgan fingerprint density at radius 1 is 1.11 bits per heavy atom. The molecule has 1 N–H and O–H groups in total. The molecule has 0 radical (unpaired) electrons. The second-order valence-electron chi connectivity index (χ2n) is 6.08. The molecule has 1 aromatic carbocycles. The van der Waals surface area contributed by atoms with Crippen LogP contribution in [0.2, 0.25) is 0 Å². The molecular formula is C19H19F3N4O. The van der Waals surface area contributed by atoms with Gasteiger partial charge in [0.25, 0.3) is 5.56 Å². The van der Waals surface area contributed by atoms with Gasteiger partial charge in [-0.3, -0.25) is 9.36 Å². The molecule has 0 aliphatic rings. The molecule has 8 heteroatoms. The molecule has 142 valence electrons. The molecule has 0 aliphatic carbocycles. The van der Waals surface area contributed by atoms with E-state index in [1.807, 2.05) is 20.8 Å². The zero-order valence-corrected chi connectivity index (χ0v) is 15.2. The molecule has 0 saturated carbocycles. The van der Waals surface area contributed by atoms with E-state index in [-0.39, 0.29) is 5.56 Å². The molecule has 0 amide bonds. The number of pyridine rings is 1. The third-order valence-electron chi connectivity index (χ3n) is 4.31. The van der Waals surface area contributed by atoms with Gasteiger partial charge < -0.3 is 5.32 Å². The van der Waals surface area contributed by atoms with Crippen LogP contribution in [0, 0.1) is 6.92 Å². The standard InChI is InChI=1S/C19H19F3N4O/c1-4-23-18-24-11(3)14-10-15(17(27)26(5-2)16(14)25-18)12-6-8-13(9-7-12)19(20,21)22/h6-10H,4-5H2,1-3H3,(H,23,24,25). The van der Waals surface area contributed by atoms with Crippen molar-refractivity contribution in [3.63, 3.8) is 0 Å². The molecular weight excluding hydrogens is 357 g/mol. The molecule has 0 bridgehead atoms. The summed E-state index contributed by atoms with van der Waals surface area (Å²) in [6.45, 7) is 6.58. The molecule has 3 rings (SSSR count). The minimum atomic E-state index is -4.42. The maximum atomic E-state index is 12.9. The molecule has 0 atom stereocenters. The summed E-state index contributed by atoms with van der Waals surface area (Å²) in [5.41, 5.74) is 0.879. The minimum absolute atomic E-state index is 0.301. The molecule has 0 unspecified atom stereocenters. The number of aromatic nitrogens is 3. The number of anilines is 1. The first kappa shape index (κ1) is 18.9. The Balaban J connectivity index is 2.23. The molecule has 0 fully saturated rings. The van der Waals surface area contributed by atoms with Gasteiger partial charge in [0, 0.05) is 24.0 Å². The highest BCUT2D eigenvalue weighted by atomic mass is 19.4. The largest absolute Gasteiger partial charge is 0.416 e. The number of aryl methyl sites for hydroxylation is 2. The Hall–Kier alpha value is -2.90. The van der Waals surface area contributed by atoms with E-state index in [9.17, 15) is 18.0 Å². The van der Waals surface area contributed by atoms with Crippen molar-refractivity contribution in [3.05, 3.63) is 51.9 Å². The van der Waals surface area contributed by atoms with Crippen LogP contribution in [0.1, 0.15) is 25.1 Å². The lowest BCUT2D eigenvalue weighted by Gasteiger charge is -2.14. The van der Waals surface area contributed by atoms with E-state index in [0.717, 1.165) is 12.1 Å². The van der Waals surface area contributed by atoms with Crippen LogP contribution in [0.4, 0.5) is 19.1 Å².